The molecule has 4 aliphatic rings. The van der Waals surface area contributed by atoms with Gasteiger partial charge < -0.3 is 10.0 Å². The minimum absolute atomic E-state index is 0.158. The number of ketones is 1. The molecule has 2 fully saturated rings. The van der Waals surface area contributed by atoms with Crippen LogP contribution in [-0.4, -0.2) is 30.6 Å². The molecular weight excluding hydrogens is 406 g/mol. The zero-order valence-electron chi connectivity index (χ0n) is 20.7. The Morgan fingerprint density at radius 3 is 2.52 bits per heavy atom. The van der Waals surface area contributed by atoms with Gasteiger partial charge in [-0.3, -0.25) is 4.79 Å². The minimum Gasteiger partial charge on any atom is -0.378 e. The van der Waals surface area contributed by atoms with Gasteiger partial charge in [0, 0.05) is 37.5 Å². The highest BCUT2D eigenvalue weighted by molar-refractivity contribution is 5.93. The SMILES string of the molecule is CC#C[C@]1(O)[C@H](C)C[C@H]2[C@@H]3CCC4=CC(=O)CCC4=C3[C@@H](c3ccc(N(C)C)cc3)C[C@@]21C. The predicted molar refractivity (Wildman–Crippen MR) is 134 cm³/mol. The van der Waals surface area contributed by atoms with Crippen molar-refractivity contribution in [2.75, 3.05) is 19.0 Å². The lowest BCUT2D eigenvalue weighted by molar-refractivity contribution is -0.114. The monoisotopic (exact) mass is 443 g/mol. The summed E-state index contributed by atoms with van der Waals surface area (Å²) >= 11 is 0. The van der Waals surface area contributed by atoms with Gasteiger partial charge in [-0.1, -0.05) is 37.5 Å². The Morgan fingerprint density at radius 2 is 1.85 bits per heavy atom. The Bertz CT molecular complexity index is 1100. The normalized spacial score (nSPS) is 37.4. The van der Waals surface area contributed by atoms with Gasteiger partial charge in [-0.15, -0.1) is 5.92 Å². The molecule has 1 aromatic rings. The Hall–Kier alpha value is -2.31. The molecule has 0 spiro atoms. The van der Waals surface area contributed by atoms with Gasteiger partial charge in [0.05, 0.1) is 0 Å². The molecule has 2 saturated carbocycles. The average Bonchev–Trinajstić information content (AvgIpc) is 2.99. The number of fused-ring (bicyclic) bond motifs is 4. The second kappa shape index (κ2) is 7.88. The van der Waals surface area contributed by atoms with Gasteiger partial charge in [0.15, 0.2) is 5.78 Å². The van der Waals surface area contributed by atoms with E-state index in [9.17, 15) is 9.90 Å². The lowest BCUT2D eigenvalue weighted by Gasteiger charge is -2.54. The van der Waals surface area contributed by atoms with Crippen LogP contribution in [0.4, 0.5) is 5.69 Å². The summed E-state index contributed by atoms with van der Waals surface area (Å²) in [7, 11) is 4.14. The molecule has 1 N–H and O–H groups in total. The van der Waals surface area contributed by atoms with Crippen molar-refractivity contribution in [2.45, 2.75) is 70.8 Å². The van der Waals surface area contributed by atoms with E-state index in [-0.39, 0.29) is 23.0 Å². The van der Waals surface area contributed by atoms with Gasteiger partial charge in [-0.25, -0.2) is 0 Å². The molecule has 0 unspecified atom stereocenters. The molecule has 0 saturated heterocycles. The van der Waals surface area contributed by atoms with Crippen molar-refractivity contribution in [2.24, 2.45) is 23.2 Å². The quantitative estimate of drug-likeness (QED) is 0.600. The van der Waals surface area contributed by atoms with Crippen molar-refractivity contribution >= 4 is 11.5 Å². The topological polar surface area (TPSA) is 40.5 Å². The van der Waals surface area contributed by atoms with Crippen LogP contribution in [0.5, 0.6) is 0 Å². The van der Waals surface area contributed by atoms with Crippen LogP contribution in [0.25, 0.3) is 0 Å². The van der Waals surface area contributed by atoms with Gasteiger partial charge in [-0.2, -0.15) is 0 Å². The van der Waals surface area contributed by atoms with E-state index in [4.69, 9.17) is 0 Å². The molecule has 5 rings (SSSR count). The molecule has 174 valence electrons. The molecule has 0 amide bonds. The second-order valence-corrected chi connectivity index (χ2v) is 11.3. The molecule has 0 aliphatic heterocycles. The average molecular weight is 444 g/mol. The van der Waals surface area contributed by atoms with Gasteiger partial charge in [-0.05, 0) is 91.7 Å². The van der Waals surface area contributed by atoms with Crippen molar-refractivity contribution in [3.05, 3.63) is 52.6 Å². The third-order valence-electron chi connectivity index (χ3n) is 9.44. The fraction of sp³-hybridized carbons (Fsp3) is 0.567. The summed E-state index contributed by atoms with van der Waals surface area (Å²) in [4.78, 5) is 14.3. The number of rotatable bonds is 2. The number of carbonyl (C=O) groups is 1. The third kappa shape index (κ3) is 3.25. The van der Waals surface area contributed by atoms with Crippen LogP contribution in [-0.2, 0) is 4.79 Å². The maximum absolute atomic E-state index is 12.2. The number of nitrogens with zero attached hydrogens (tertiary/aromatic N) is 1. The fourth-order valence-corrected chi connectivity index (χ4v) is 7.76. The smallest absolute Gasteiger partial charge is 0.156 e. The lowest BCUT2D eigenvalue weighted by Crippen LogP contribution is -2.52. The number of allylic oxidation sites excluding steroid dienone is 4. The van der Waals surface area contributed by atoms with Crippen molar-refractivity contribution in [1.29, 1.82) is 0 Å². The number of benzene rings is 1. The highest BCUT2D eigenvalue weighted by Crippen LogP contribution is 2.67. The van der Waals surface area contributed by atoms with Crippen LogP contribution in [0, 0.1) is 35.0 Å². The Morgan fingerprint density at radius 1 is 1.12 bits per heavy atom. The summed E-state index contributed by atoms with van der Waals surface area (Å²) < 4.78 is 0. The third-order valence-corrected chi connectivity index (χ3v) is 9.44. The van der Waals surface area contributed by atoms with E-state index < -0.39 is 5.60 Å². The van der Waals surface area contributed by atoms with Crippen LogP contribution in [0.3, 0.4) is 0 Å². The number of hydrogen-bond acceptors (Lipinski definition) is 3. The first-order valence-corrected chi connectivity index (χ1v) is 12.6. The van der Waals surface area contributed by atoms with Crippen LogP contribution in [0.1, 0.15) is 70.8 Å². The molecule has 0 aromatic heterocycles. The number of carbonyl (C=O) groups excluding carboxylic acids is 1. The van der Waals surface area contributed by atoms with Gasteiger partial charge in [0.2, 0.25) is 0 Å². The molecule has 0 radical (unpaired) electrons. The summed E-state index contributed by atoms with van der Waals surface area (Å²) in [6.45, 7) is 6.35. The van der Waals surface area contributed by atoms with E-state index in [1.165, 1.54) is 22.4 Å². The lowest BCUT2D eigenvalue weighted by atomic mass is 9.51. The van der Waals surface area contributed by atoms with Crippen LogP contribution in [0.2, 0.25) is 0 Å². The first-order valence-electron chi connectivity index (χ1n) is 12.6. The largest absolute Gasteiger partial charge is 0.378 e. The molecule has 0 heterocycles. The fourth-order valence-electron chi connectivity index (χ4n) is 7.76. The summed E-state index contributed by atoms with van der Waals surface area (Å²) in [6.07, 6.45) is 7.43. The molecule has 3 heteroatoms. The van der Waals surface area contributed by atoms with Crippen LogP contribution < -0.4 is 4.90 Å². The Labute approximate surface area is 199 Å². The van der Waals surface area contributed by atoms with E-state index in [1.54, 1.807) is 5.57 Å². The minimum atomic E-state index is -0.955. The first-order chi connectivity index (χ1) is 15.7. The highest BCUT2D eigenvalue weighted by Gasteiger charge is 2.65. The zero-order valence-corrected chi connectivity index (χ0v) is 20.7. The molecule has 6 atom stereocenters. The Balaban J connectivity index is 1.69. The van der Waals surface area contributed by atoms with Gasteiger partial charge in [0.25, 0.3) is 0 Å². The summed E-state index contributed by atoms with van der Waals surface area (Å²) in [5, 5.41) is 12.0. The second-order valence-electron chi connectivity index (χ2n) is 11.3. The van der Waals surface area contributed by atoms with Gasteiger partial charge in [0.1, 0.15) is 5.60 Å². The first kappa shape index (κ1) is 22.5. The van der Waals surface area contributed by atoms with Crippen LogP contribution in [0.15, 0.2) is 47.1 Å². The molecule has 33 heavy (non-hydrogen) atoms. The van der Waals surface area contributed by atoms with Gasteiger partial charge >= 0.3 is 0 Å². The highest BCUT2D eigenvalue weighted by atomic mass is 16.3. The number of aliphatic hydroxyl groups is 1. The molecule has 0 bridgehead atoms. The van der Waals surface area contributed by atoms with E-state index in [0.29, 0.717) is 18.3 Å². The summed E-state index contributed by atoms with van der Waals surface area (Å²) in [5.74, 6) is 7.94. The molecule has 1 aromatic carbocycles. The van der Waals surface area contributed by atoms with Crippen molar-refractivity contribution in [3.8, 4) is 11.8 Å². The zero-order chi connectivity index (χ0) is 23.5. The summed E-state index contributed by atoms with van der Waals surface area (Å²) in [5.41, 5.74) is 5.63. The number of anilines is 1. The standard InChI is InChI=1S/C30H37NO2/c1-6-15-30(33)19(2)16-27-25-13-9-21-17-23(32)12-14-24(21)28(25)26(18-29(27,30)3)20-7-10-22(11-8-20)31(4)5/h7-8,10-11,17,19,25-27,33H,9,12-14,16,18H2,1-5H3/t19-,25+,26-,27+,29+,30+/m1/s1. The maximum atomic E-state index is 12.2. The van der Waals surface area contributed by atoms with E-state index in [2.05, 4.69) is 68.9 Å². The molecular formula is C30H37NO2. The van der Waals surface area contributed by atoms with Crippen molar-refractivity contribution in [3.63, 3.8) is 0 Å². The van der Waals surface area contributed by atoms with E-state index in [1.807, 2.05) is 13.0 Å². The molecule has 4 aliphatic carbocycles. The summed E-state index contributed by atoms with van der Waals surface area (Å²) in [6, 6.07) is 8.99. The molecule has 3 nitrogen and oxygen atoms in total. The predicted octanol–water partition coefficient (Wildman–Crippen LogP) is 5.65. The maximum Gasteiger partial charge on any atom is 0.156 e. The van der Waals surface area contributed by atoms with E-state index in [0.717, 1.165) is 32.1 Å². The van der Waals surface area contributed by atoms with E-state index >= 15 is 0 Å². The van der Waals surface area contributed by atoms with Crippen molar-refractivity contribution in [1.82, 2.24) is 0 Å². The number of hydrogen-bond donors (Lipinski definition) is 1. The Kier molecular flexibility index (Phi) is 5.37. The van der Waals surface area contributed by atoms with Crippen molar-refractivity contribution < 1.29 is 9.90 Å². The van der Waals surface area contributed by atoms with Crippen LogP contribution >= 0.6 is 0 Å².